The Kier molecular flexibility index (Phi) is 3.30. The van der Waals surface area contributed by atoms with Crippen LogP contribution in [0.5, 0.6) is 0 Å². The summed E-state index contributed by atoms with van der Waals surface area (Å²) in [5.41, 5.74) is -0.522. The van der Waals surface area contributed by atoms with Crippen molar-refractivity contribution in [3.8, 4) is 0 Å². The molecule has 64 valence electrons. The van der Waals surface area contributed by atoms with Gasteiger partial charge in [0.1, 0.15) is 5.60 Å². The van der Waals surface area contributed by atoms with Gasteiger partial charge in [0.2, 0.25) is 0 Å². The fourth-order valence-corrected chi connectivity index (χ4v) is 0.705. The molecule has 0 fully saturated rings. The molecule has 0 N–H and O–H groups in total. The second-order valence-corrected chi connectivity index (χ2v) is 3.14. The summed E-state index contributed by atoms with van der Waals surface area (Å²) in [5.74, 6) is -0.00926. The van der Waals surface area contributed by atoms with Crippen LogP contribution in [0.15, 0.2) is 12.7 Å². The van der Waals surface area contributed by atoms with Gasteiger partial charge in [0, 0.05) is 6.92 Å². The minimum atomic E-state index is -0.522. The van der Waals surface area contributed by atoms with Crippen molar-refractivity contribution in [2.45, 2.75) is 33.3 Å². The van der Waals surface area contributed by atoms with Crippen molar-refractivity contribution in [3.63, 3.8) is 0 Å². The number of ether oxygens (including phenoxy) is 1. The number of carbonyl (C=O) groups excluding carboxylic acids is 1. The summed E-state index contributed by atoms with van der Waals surface area (Å²) in [6, 6.07) is 0. The summed E-state index contributed by atoms with van der Waals surface area (Å²) >= 11 is 0. The molecule has 1 atom stereocenters. The van der Waals surface area contributed by atoms with Gasteiger partial charge in [-0.25, -0.2) is 0 Å². The molecule has 0 bridgehead atoms. The summed E-state index contributed by atoms with van der Waals surface area (Å²) < 4.78 is 5.09. The zero-order chi connectivity index (χ0) is 9.07. The number of hydrogen-bond acceptors (Lipinski definition) is 2. The zero-order valence-electron chi connectivity index (χ0n) is 7.68. The van der Waals surface area contributed by atoms with Gasteiger partial charge in [0.05, 0.1) is 0 Å². The second-order valence-electron chi connectivity index (χ2n) is 3.14. The lowest BCUT2D eigenvalue weighted by Crippen LogP contribution is -2.34. The lowest BCUT2D eigenvalue weighted by molar-refractivity contribution is -0.154. The Balaban J connectivity index is 4.34. The van der Waals surface area contributed by atoms with Gasteiger partial charge in [0.15, 0.2) is 0 Å². The smallest absolute Gasteiger partial charge is 0.303 e. The third-order valence-corrected chi connectivity index (χ3v) is 1.92. The van der Waals surface area contributed by atoms with Crippen LogP contribution in [-0.2, 0) is 9.53 Å². The van der Waals surface area contributed by atoms with E-state index in [2.05, 4.69) is 6.58 Å². The lowest BCUT2D eigenvalue weighted by Gasteiger charge is -2.29. The van der Waals surface area contributed by atoms with Crippen LogP contribution in [0.4, 0.5) is 0 Å². The molecule has 2 heteroatoms. The van der Waals surface area contributed by atoms with Crippen LogP contribution in [-0.4, -0.2) is 11.6 Å². The first-order valence-electron chi connectivity index (χ1n) is 3.75. The average Bonchev–Trinajstić information content (AvgIpc) is 1.86. The standard InChI is InChI=1S/C9H16O2/c1-6-9(5,7(2)3)11-8(4)10/h6-7H,1H2,2-5H3. The van der Waals surface area contributed by atoms with Crippen molar-refractivity contribution in [3.05, 3.63) is 12.7 Å². The molecular weight excluding hydrogens is 140 g/mol. The molecule has 0 saturated heterocycles. The van der Waals surface area contributed by atoms with E-state index in [0.717, 1.165) is 0 Å². The normalized spacial score (nSPS) is 15.7. The lowest BCUT2D eigenvalue weighted by atomic mass is 9.92. The minimum absolute atomic E-state index is 0.254. The van der Waals surface area contributed by atoms with Crippen molar-refractivity contribution >= 4 is 5.97 Å². The molecule has 0 amide bonds. The molecule has 0 aromatic carbocycles. The summed E-state index contributed by atoms with van der Waals surface area (Å²) in [7, 11) is 0. The van der Waals surface area contributed by atoms with Crippen LogP contribution < -0.4 is 0 Å². The highest BCUT2D eigenvalue weighted by atomic mass is 16.6. The number of esters is 1. The van der Waals surface area contributed by atoms with Crippen LogP contribution in [0.1, 0.15) is 27.7 Å². The molecule has 0 aromatic rings. The second kappa shape index (κ2) is 3.56. The zero-order valence-corrected chi connectivity index (χ0v) is 7.68. The molecular formula is C9H16O2. The summed E-state index contributed by atoms with van der Waals surface area (Å²) in [6.45, 7) is 10.9. The van der Waals surface area contributed by atoms with Gasteiger partial charge < -0.3 is 4.74 Å². The monoisotopic (exact) mass is 156 g/mol. The first-order chi connectivity index (χ1) is 4.92. The first kappa shape index (κ1) is 10.2. The van der Waals surface area contributed by atoms with Gasteiger partial charge in [-0.05, 0) is 18.9 Å². The molecule has 11 heavy (non-hydrogen) atoms. The highest BCUT2D eigenvalue weighted by molar-refractivity contribution is 5.66. The molecule has 0 aliphatic rings. The number of rotatable bonds is 3. The number of carbonyl (C=O) groups is 1. The maximum atomic E-state index is 10.7. The van der Waals surface area contributed by atoms with Gasteiger partial charge in [-0.2, -0.15) is 0 Å². The fourth-order valence-electron chi connectivity index (χ4n) is 0.705. The maximum Gasteiger partial charge on any atom is 0.303 e. The molecule has 0 spiro atoms. The quantitative estimate of drug-likeness (QED) is 0.462. The van der Waals surface area contributed by atoms with E-state index in [1.165, 1.54) is 6.92 Å². The fraction of sp³-hybridized carbons (Fsp3) is 0.667. The summed E-state index contributed by atoms with van der Waals surface area (Å²) in [4.78, 5) is 10.7. The van der Waals surface area contributed by atoms with Crippen LogP contribution >= 0.6 is 0 Å². The Bertz CT molecular complexity index is 161. The van der Waals surface area contributed by atoms with E-state index in [-0.39, 0.29) is 11.9 Å². The average molecular weight is 156 g/mol. The summed E-state index contributed by atoms with van der Waals surface area (Å²) in [5, 5.41) is 0. The van der Waals surface area contributed by atoms with E-state index >= 15 is 0 Å². The van der Waals surface area contributed by atoms with Crippen molar-refractivity contribution in [1.29, 1.82) is 0 Å². The van der Waals surface area contributed by atoms with E-state index in [0.29, 0.717) is 0 Å². The van der Waals surface area contributed by atoms with Crippen molar-refractivity contribution in [1.82, 2.24) is 0 Å². The van der Waals surface area contributed by atoms with Crippen LogP contribution in [0.2, 0.25) is 0 Å². The Morgan fingerprint density at radius 1 is 1.64 bits per heavy atom. The molecule has 0 aliphatic heterocycles. The van der Waals surface area contributed by atoms with Crippen LogP contribution in [0.3, 0.4) is 0 Å². The van der Waals surface area contributed by atoms with E-state index < -0.39 is 5.60 Å². The topological polar surface area (TPSA) is 26.3 Å². The Hall–Kier alpha value is -0.790. The van der Waals surface area contributed by atoms with E-state index in [1.807, 2.05) is 20.8 Å². The molecule has 0 rings (SSSR count). The van der Waals surface area contributed by atoms with Crippen molar-refractivity contribution < 1.29 is 9.53 Å². The Morgan fingerprint density at radius 3 is 2.18 bits per heavy atom. The molecule has 0 aliphatic carbocycles. The van der Waals surface area contributed by atoms with Crippen LogP contribution in [0.25, 0.3) is 0 Å². The summed E-state index contributed by atoms with van der Waals surface area (Å²) in [6.07, 6.45) is 1.67. The van der Waals surface area contributed by atoms with Crippen molar-refractivity contribution in [2.24, 2.45) is 5.92 Å². The predicted octanol–water partition coefficient (Wildman–Crippen LogP) is 2.15. The SMILES string of the molecule is C=CC(C)(OC(C)=O)C(C)C. The van der Waals surface area contributed by atoms with E-state index in [9.17, 15) is 4.79 Å². The molecule has 2 nitrogen and oxygen atoms in total. The highest BCUT2D eigenvalue weighted by Crippen LogP contribution is 2.22. The molecule has 0 heterocycles. The predicted molar refractivity (Wildman–Crippen MR) is 45.2 cm³/mol. The van der Waals surface area contributed by atoms with Gasteiger partial charge in [0.25, 0.3) is 0 Å². The van der Waals surface area contributed by atoms with Crippen LogP contribution in [0, 0.1) is 5.92 Å². The molecule has 1 unspecified atom stereocenters. The van der Waals surface area contributed by atoms with E-state index in [1.54, 1.807) is 6.08 Å². The van der Waals surface area contributed by atoms with Gasteiger partial charge in [-0.15, -0.1) is 0 Å². The number of hydrogen-bond donors (Lipinski definition) is 0. The third-order valence-electron chi connectivity index (χ3n) is 1.92. The van der Waals surface area contributed by atoms with Gasteiger partial charge >= 0.3 is 5.97 Å². The van der Waals surface area contributed by atoms with Gasteiger partial charge in [-0.1, -0.05) is 20.4 Å². The highest BCUT2D eigenvalue weighted by Gasteiger charge is 2.27. The molecule has 0 aromatic heterocycles. The Morgan fingerprint density at radius 2 is 2.09 bits per heavy atom. The van der Waals surface area contributed by atoms with Gasteiger partial charge in [-0.3, -0.25) is 4.79 Å². The minimum Gasteiger partial charge on any atom is -0.455 e. The first-order valence-corrected chi connectivity index (χ1v) is 3.75. The van der Waals surface area contributed by atoms with E-state index in [4.69, 9.17) is 4.74 Å². The molecule has 0 radical (unpaired) electrons. The third kappa shape index (κ3) is 2.74. The van der Waals surface area contributed by atoms with Crippen molar-refractivity contribution in [2.75, 3.05) is 0 Å². The Labute approximate surface area is 68.2 Å². The maximum absolute atomic E-state index is 10.7. The molecule has 0 saturated carbocycles. The largest absolute Gasteiger partial charge is 0.455 e.